The molecule has 0 radical (unpaired) electrons. The number of hydrogen-bond donors (Lipinski definition) is 0. The molecule has 0 bridgehead atoms. The third kappa shape index (κ3) is 4.36. The van der Waals surface area contributed by atoms with Gasteiger partial charge in [-0.2, -0.15) is 0 Å². The maximum Gasteiger partial charge on any atom is 0.236 e. The van der Waals surface area contributed by atoms with E-state index in [-0.39, 0.29) is 11.2 Å². The molecule has 1 aromatic heterocycles. The van der Waals surface area contributed by atoms with Crippen molar-refractivity contribution in [3.63, 3.8) is 0 Å². The van der Waals surface area contributed by atoms with E-state index in [1.807, 2.05) is 79.3 Å². The fourth-order valence-electron chi connectivity index (χ4n) is 4.54. The second-order valence-corrected chi connectivity index (χ2v) is 11.1. The summed E-state index contributed by atoms with van der Waals surface area (Å²) in [5.41, 5.74) is 5.47. The quantitative estimate of drug-likeness (QED) is 0.259. The molecule has 1 aliphatic heterocycles. The van der Waals surface area contributed by atoms with Gasteiger partial charge in [0, 0.05) is 29.8 Å². The molecule has 2 heterocycles. The first kappa shape index (κ1) is 24.3. The van der Waals surface area contributed by atoms with E-state index in [1.165, 1.54) is 0 Å². The van der Waals surface area contributed by atoms with E-state index in [0.717, 1.165) is 33.6 Å². The van der Waals surface area contributed by atoms with Gasteiger partial charge >= 0.3 is 0 Å². The number of rotatable bonds is 4. The molecule has 178 valence electrons. The van der Waals surface area contributed by atoms with Crippen LogP contribution in [0.15, 0.2) is 79.3 Å². The minimum absolute atomic E-state index is 0.0509. The van der Waals surface area contributed by atoms with Gasteiger partial charge in [-0.25, -0.2) is 4.98 Å². The molecule has 8 heteroatoms. The number of hydrogen-bond acceptors (Lipinski definition) is 3. The average molecular weight is 543 g/mol. The number of thioether (sulfide) groups is 1. The standard InChI is InChI=1S/C27H22Cl3N3OS/c1-32-16-31-14-24(32)27(30,18-6-9-20(28)10-7-18)19-8-11-23-22(13-19)26(35-15-25(34)33(23)2)17-4-3-5-21(29)12-17/h3-14,16,26H,15H2,1-2H3. The van der Waals surface area contributed by atoms with Crippen LogP contribution >= 0.6 is 46.6 Å². The second-order valence-electron chi connectivity index (χ2n) is 8.53. The van der Waals surface area contributed by atoms with Gasteiger partial charge in [0.05, 0.1) is 29.2 Å². The highest BCUT2D eigenvalue weighted by Crippen LogP contribution is 2.48. The van der Waals surface area contributed by atoms with Gasteiger partial charge in [0.25, 0.3) is 0 Å². The minimum atomic E-state index is -1.02. The maximum absolute atomic E-state index is 12.8. The van der Waals surface area contributed by atoms with Gasteiger partial charge in [0.15, 0.2) is 0 Å². The number of alkyl halides is 1. The Bertz CT molecular complexity index is 1410. The number of carbonyl (C=O) groups excluding carboxylic acids is 1. The number of benzene rings is 3. The smallest absolute Gasteiger partial charge is 0.236 e. The van der Waals surface area contributed by atoms with Gasteiger partial charge in [-0.1, -0.05) is 53.5 Å². The number of anilines is 1. The van der Waals surface area contributed by atoms with Gasteiger partial charge in [0.2, 0.25) is 5.91 Å². The lowest BCUT2D eigenvalue weighted by molar-refractivity contribution is -0.115. The molecular weight excluding hydrogens is 521 g/mol. The van der Waals surface area contributed by atoms with E-state index in [1.54, 1.807) is 29.2 Å². The molecule has 2 atom stereocenters. The third-order valence-corrected chi connectivity index (χ3v) is 8.77. The van der Waals surface area contributed by atoms with Crippen molar-refractivity contribution in [2.75, 3.05) is 17.7 Å². The second kappa shape index (κ2) is 9.55. The fraction of sp³-hybridized carbons (Fsp3) is 0.185. The Morgan fingerprint density at radius 3 is 2.40 bits per heavy atom. The summed E-state index contributed by atoms with van der Waals surface area (Å²) in [6.45, 7) is 0. The number of amides is 1. The monoisotopic (exact) mass is 541 g/mol. The van der Waals surface area contributed by atoms with Crippen LogP contribution in [-0.2, 0) is 16.7 Å². The Balaban J connectivity index is 1.75. The third-order valence-electron chi connectivity index (χ3n) is 6.38. The Kier molecular flexibility index (Phi) is 6.62. The van der Waals surface area contributed by atoms with Crippen LogP contribution in [0.2, 0.25) is 10.0 Å². The van der Waals surface area contributed by atoms with Gasteiger partial charge in [-0.05, 0) is 58.7 Å². The molecule has 35 heavy (non-hydrogen) atoms. The number of halogens is 3. The molecule has 1 amide bonds. The van der Waals surface area contributed by atoms with Crippen LogP contribution in [-0.4, -0.2) is 28.3 Å². The molecule has 4 nitrogen and oxygen atoms in total. The number of aromatic nitrogens is 2. The fourth-order valence-corrected chi connectivity index (χ4v) is 6.50. The summed E-state index contributed by atoms with van der Waals surface area (Å²) in [6.07, 6.45) is 3.52. The van der Waals surface area contributed by atoms with Crippen molar-refractivity contribution < 1.29 is 4.79 Å². The van der Waals surface area contributed by atoms with Crippen LogP contribution in [0.25, 0.3) is 0 Å². The van der Waals surface area contributed by atoms with Crippen LogP contribution in [0.5, 0.6) is 0 Å². The summed E-state index contributed by atoms with van der Waals surface area (Å²) in [7, 11) is 3.74. The lowest BCUT2D eigenvalue weighted by Gasteiger charge is -2.31. The molecule has 0 saturated heterocycles. The molecule has 4 aromatic rings. The van der Waals surface area contributed by atoms with Crippen LogP contribution in [0, 0.1) is 0 Å². The van der Waals surface area contributed by atoms with Crippen molar-refractivity contribution in [3.8, 4) is 0 Å². The topological polar surface area (TPSA) is 38.1 Å². The first-order chi connectivity index (χ1) is 16.8. The number of fused-ring (bicyclic) bond motifs is 1. The molecule has 2 unspecified atom stereocenters. The highest BCUT2D eigenvalue weighted by atomic mass is 35.5. The van der Waals surface area contributed by atoms with Crippen molar-refractivity contribution in [1.29, 1.82) is 0 Å². The highest BCUT2D eigenvalue weighted by Gasteiger charge is 2.38. The maximum atomic E-state index is 12.8. The van der Waals surface area contributed by atoms with Crippen molar-refractivity contribution >= 4 is 58.2 Å². The van der Waals surface area contributed by atoms with E-state index in [9.17, 15) is 4.79 Å². The minimum Gasteiger partial charge on any atom is -0.336 e. The van der Waals surface area contributed by atoms with Crippen molar-refractivity contribution in [3.05, 3.63) is 117 Å². The summed E-state index contributed by atoms with van der Waals surface area (Å²) in [4.78, 5) is 17.8. The number of carbonyl (C=O) groups is 1. The number of aryl methyl sites for hydroxylation is 1. The molecule has 0 saturated carbocycles. The van der Waals surface area contributed by atoms with Gasteiger partial charge in [-0.15, -0.1) is 23.4 Å². The molecular formula is C27H22Cl3N3OS. The molecule has 0 N–H and O–H groups in total. The first-order valence-electron chi connectivity index (χ1n) is 11.0. The molecule has 0 spiro atoms. The van der Waals surface area contributed by atoms with E-state index in [0.29, 0.717) is 15.8 Å². The Morgan fingerprint density at radius 1 is 0.971 bits per heavy atom. The molecule has 3 aromatic carbocycles. The normalized spacial score (nSPS) is 17.6. The van der Waals surface area contributed by atoms with E-state index in [2.05, 4.69) is 11.1 Å². The van der Waals surface area contributed by atoms with E-state index in [4.69, 9.17) is 34.8 Å². The number of imidazole rings is 1. The summed E-state index contributed by atoms with van der Waals surface area (Å²) >= 11 is 21.7. The zero-order chi connectivity index (χ0) is 24.7. The Labute approximate surface area is 223 Å². The average Bonchev–Trinajstić information content (AvgIpc) is 3.25. The lowest BCUT2D eigenvalue weighted by atomic mass is 9.85. The summed E-state index contributed by atoms with van der Waals surface area (Å²) < 4.78 is 1.92. The molecule has 0 fully saturated rings. The zero-order valence-electron chi connectivity index (χ0n) is 19.1. The van der Waals surface area contributed by atoms with E-state index < -0.39 is 4.87 Å². The van der Waals surface area contributed by atoms with Crippen LogP contribution in [0.1, 0.15) is 33.2 Å². The van der Waals surface area contributed by atoms with Crippen molar-refractivity contribution in [1.82, 2.24) is 9.55 Å². The Hall–Kier alpha value is -2.44. The summed E-state index contributed by atoms with van der Waals surface area (Å²) in [6, 6.07) is 21.4. The van der Waals surface area contributed by atoms with Gasteiger partial charge in [-0.3, -0.25) is 4.79 Å². The van der Waals surface area contributed by atoms with Crippen molar-refractivity contribution in [2.24, 2.45) is 7.05 Å². The Morgan fingerprint density at radius 2 is 1.71 bits per heavy atom. The summed E-state index contributed by atoms with van der Waals surface area (Å²) in [5.74, 6) is 0.415. The highest BCUT2D eigenvalue weighted by molar-refractivity contribution is 8.00. The predicted octanol–water partition coefficient (Wildman–Crippen LogP) is 7.06. The molecule has 5 rings (SSSR count). The molecule has 1 aliphatic rings. The first-order valence-corrected chi connectivity index (χ1v) is 13.2. The van der Waals surface area contributed by atoms with Gasteiger partial charge < -0.3 is 9.47 Å². The zero-order valence-corrected chi connectivity index (χ0v) is 22.2. The van der Waals surface area contributed by atoms with Crippen LogP contribution in [0.4, 0.5) is 5.69 Å². The SMILES string of the molecule is CN1C(=O)CSC(c2cccc(Cl)c2)c2cc(C(Cl)(c3ccc(Cl)cc3)c3cncn3C)ccc21. The largest absolute Gasteiger partial charge is 0.336 e. The lowest BCUT2D eigenvalue weighted by Crippen LogP contribution is -2.28. The van der Waals surface area contributed by atoms with Crippen molar-refractivity contribution in [2.45, 2.75) is 10.1 Å². The summed E-state index contributed by atoms with van der Waals surface area (Å²) in [5, 5.41) is 1.21. The predicted molar refractivity (Wildman–Crippen MR) is 146 cm³/mol. The van der Waals surface area contributed by atoms with Gasteiger partial charge in [0.1, 0.15) is 4.87 Å². The van der Waals surface area contributed by atoms with E-state index >= 15 is 0 Å². The van der Waals surface area contributed by atoms with Crippen LogP contribution < -0.4 is 4.90 Å². The number of nitrogens with zero attached hydrogens (tertiary/aromatic N) is 3. The molecule has 0 aliphatic carbocycles. The van der Waals surface area contributed by atoms with Crippen LogP contribution in [0.3, 0.4) is 0 Å².